The first-order valence-corrected chi connectivity index (χ1v) is 4.86. The smallest absolute Gasteiger partial charge is 0.408 e. The molecule has 1 amide bonds. The molecule has 0 radical (unpaired) electrons. The fraction of sp³-hybridized carbons (Fsp3) is 0.250. The molecule has 2 atom stereocenters. The summed E-state index contributed by atoms with van der Waals surface area (Å²) >= 11 is 0. The first kappa shape index (κ1) is 9.77. The van der Waals surface area contributed by atoms with Crippen molar-refractivity contribution < 1.29 is 9.53 Å². The Balaban J connectivity index is 2.28. The lowest BCUT2D eigenvalue weighted by molar-refractivity contribution is 0.148. The summed E-state index contributed by atoms with van der Waals surface area (Å²) in [6.45, 7) is 5.69. The van der Waals surface area contributed by atoms with Gasteiger partial charge in [-0.1, -0.05) is 36.9 Å². The second-order valence-corrected chi connectivity index (χ2v) is 3.70. The topological polar surface area (TPSA) is 38.3 Å². The Kier molecular flexibility index (Phi) is 2.46. The number of hydrogen-bond acceptors (Lipinski definition) is 2. The van der Waals surface area contributed by atoms with Gasteiger partial charge in [-0.15, -0.1) is 0 Å². The predicted octanol–water partition coefficient (Wildman–Crippen LogP) is 2.41. The molecule has 1 saturated heterocycles. The molecule has 3 heteroatoms. The summed E-state index contributed by atoms with van der Waals surface area (Å²) in [7, 11) is 0. The van der Waals surface area contributed by atoms with E-state index in [9.17, 15) is 4.79 Å². The number of amides is 1. The third kappa shape index (κ3) is 1.86. The van der Waals surface area contributed by atoms with E-state index in [4.69, 9.17) is 4.74 Å². The molecule has 2 rings (SSSR count). The van der Waals surface area contributed by atoms with Gasteiger partial charge in [0.2, 0.25) is 0 Å². The number of nitrogens with one attached hydrogen (secondary N) is 1. The fourth-order valence-electron chi connectivity index (χ4n) is 1.72. The molecule has 3 nitrogen and oxygen atoms in total. The quantitative estimate of drug-likeness (QED) is 0.749. The summed E-state index contributed by atoms with van der Waals surface area (Å²) in [4.78, 5) is 11.2. The molecule has 1 aliphatic rings. The van der Waals surface area contributed by atoms with Crippen molar-refractivity contribution in [1.82, 2.24) is 5.32 Å². The van der Waals surface area contributed by atoms with E-state index in [1.165, 1.54) is 0 Å². The minimum absolute atomic E-state index is 0.115. The van der Waals surface area contributed by atoms with Crippen LogP contribution in [-0.2, 0) is 4.74 Å². The first-order chi connectivity index (χ1) is 7.18. The Hall–Kier alpha value is -1.77. The molecule has 1 aliphatic heterocycles. The molecule has 0 aromatic heterocycles. The van der Waals surface area contributed by atoms with Gasteiger partial charge >= 0.3 is 6.09 Å². The Labute approximate surface area is 88.8 Å². The van der Waals surface area contributed by atoms with Gasteiger partial charge in [0.15, 0.2) is 0 Å². The highest BCUT2D eigenvalue weighted by Gasteiger charge is 2.35. The molecule has 0 bridgehead atoms. The summed E-state index contributed by atoms with van der Waals surface area (Å²) in [5, 5.41) is 2.78. The zero-order chi connectivity index (χ0) is 10.8. The molecule has 1 unspecified atom stereocenters. The van der Waals surface area contributed by atoms with Gasteiger partial charge < -0.3 is 10.1 Å². The van der Waals surface area contributed by atoms with Gasteiger partial charge in [0.05, 0.1) is 6.04 Å². The van der Waals surface area contributed by atoms with Crippen LogP contribution < -0.4 is 5.32 Å². The van der Waals surface area contributed by atoms with E-state index in [1.54, 1.807) is 0 Å². The molecule has 1 heterocycles. The Morgan fingerprint density at radius 3 is 2.67 bits per heavy atom. The Morgan fingerprint density at radius 2 is 2.07 bits per heavy atom. The number of alkyl carbamates (subject to hydrolysis) is 1. The number of rotatable bonds is 2. The second kappa shape index (κ2) is 3.77. The van der Waals surface area contributed by atoms with Crippen LogP contribution in [0.3, 0.4) is 0 Å². The summed E-state index contributed by atoms with van der Waals surface area (Å²) in [5.41, 5.74) is 1.89. The number of ether oxygens (including phenoxy) is 1. The van der Waals surface area contributed by atoms with E-state index in [0.29, 0.717) is 0 Å². The van der Waals surface area contributed by atoms with Crippen molar-refractivity contribution in [2.45, 2.75) is 19.1 Å². The van der Waals surface area contributed by atoms with E-state index in [2.05, 4.69) is 11.9 Å². The molecule has 15 heavy (non-hydrogen) atoms. The van der Waals surface area contributed by atoms with Crippen LogP contribution in [0.25, 0.3) is 0 Å². The van der Waals surface area contributed by atoms with Crippen molar-refractivity contribution in [3.63, 3.8) is 0 Å². The van der Waals surface area contributed by atoms with E-state index in [0.717, 1.165) is 11.1 Å². The molecule has 1 fully saturated rings. The lowest BCUT2D eigenvalue weighted by Crippen LogP contribution is -2.23. The molecule has 0 spiro atoms. The molecule has 1 aromatic carbocycles. The molecule has 78 valence electrons. The summed E-state index contributed by atoms with van der Waals surface area (Å²) < 4.78 is 5.14. The standard InChI is InChI=1S/C12H13NO2/c1-8(2)11-10(13-12(14)15-11)9-6-4-3-5-7-9/h3-7,10-11H,1H2,2H3,(H,13,14)/t10-,11?/m0/s1. The van der Waals surface area contributed by atoms with Crippen LogP contribution in [0.15, 0.2) is 42.5 Å². The number of cyclic esters (lactones) is 1. The Morgan fingerprint density at radius 1 is 1.40 bits per heavy atom. The molecule has 0 aliphatic carbocycles. The van der Waals surface area contributed by atoms with Crippen molar-refractivity contribution in [2.75, 3.05) is 0 Å². The zero-order valence-corrected chi connectivity index (χ0v) is 8.57. The number of carbonyl (C=O) groups excluding carboxylic acids is 1. The van der Waals surface area contributed by atoms with Crippen molar-refractivity contribution in [1.29, 1.82) is 0 Å². The second-order valence-electron chi connectivity index (χ2n) is 3.70. The van der Waals surface area contributed by atoms with Gasteiger partial charge in [0, 0.05) is 0 Å². The van der Waals surface area contributed by atoms with Gasteiger partial charge in [-0.05, 0) is 18.1 Å². The minimum Gasteiger partial charge on any atom is -0.439 e. The van der Waals surface area contributed by atoms with Crippen molar-refractivity contribution in [3.8, 4) is 0 Å². The summed E-state index contributed by atoms with van der Waals surface area (Å²) in [6, 6.07) is 9.64. The van der Waals surface area contributed by atoms with Gasteiger partial charge in [0.1, 0.15) is 6.10 Å². The summed E-state index contributed by atoms with van der Waals surface area (Å²) in [6.07, 6.45) is -0.642. The van der Waals surface area contributed by atoms with Crippen LogP contribution in [0.1, 0.15) is 18.5 Å². The molecular formula is C12H13NO2. The lowest BCUT2D eigenvalue weighted by atomic mass is 9.98. The fourth-order valence-corrected chi connectivity index (χ4v) is 1.72. The number of hydrogen-bond donors (Lipinski definition) is 1. The van der Waals surface area contributed by atoms with Crippen LogP contribution in [0.2, 0.25) is 0 Å². The normalized spacial score (nSPS) is 24.5. The monoisotopic (exact) mass is 203 g/mol. The third-order valence-corrected chi connectivity index (χ3v) is 2.45. The van der Waals surface area contributed by atoms with Gasteiger partial charge in [0.25, 0.3) is 0 Å². The van der Waals surface area contributed by atoms with Crippen LogP contribution in [-0.4, -0.2) is 12.2 Å². The highest BCUT2D eigenvalue weighted by Crippen LogP contribution is 2.28. The highest BCUT2D eigenvalue weighted by molar-refractivity contribution is 5.71. The molecule has 0 saturated carbocycles. The first-order valence-electron chi connectivity index (χ1n) is 4.86. The SMILES string of the molecule is C=C(C)C1OC(=O)N[C@H]1c1ccccc1. The number of carbonyl (C=O) groups is 1. The highest BCUT2D eigenvalue weighted by atomic mass is 16.6. The maximum absolute atomic E-state index is 11.2. The van der Waals surface area contributed by atoms with Crippen LogP contribution in [0, 0.1) is 0 Å². The average molecular weight is 203 g/mol. The molecular weight excluding hydrogens is 190 g/mol. The molecule has 1 N–H and O–H groups in total. The van der Waals surface area contributed by atoms with Gasteiger partial charge in [-0.2, -0.15) is 0 Å². The number of benzene rings is 1. The van der Waals surface area contributed by atoms with Gasteiger partial charge in [-0.3, -0.25) is 0 Å². The van der Waals surface area contributed by atoms with E-state index < -0.39 is 0 Å². The van der Waals surface area contributed by atoms with E-state index in [1.807, 2.05) is 37.3 Å². The van der Waals surface area contributed by atoms with Gasteiger partial charge in [-0.25, -0.2) is 4.79 Å². The predicted molar refractivity (Wildman–Crippen MR) is 57.4 cm³/mol. The maximum atomic E-state index is 11.2. The lowest BCUT2D eigenvalue weighted by Gasteiger charge is -2.16. The van der Waals surface area contributed by atoms with Crippen molar-refractivity contribution in [3.05, 3.63) is 48.0 Å². The minimum atomic E-state index is -0.378. The van der Waals surface area contributed by atoms with Crippen LogP contribution >= 0.6 is 0 Å². The third-order valence-electron chi connectivity index (χ3n) is 2.45. The average Bonchev–Trinajstić information content (AvgIpc) is 2.62. The maximum Gasteiger partial charge on any atom is 0.408 e. The van der Waals surface area contributed by atoms with E-state index in [-0.39, 0.29) is 18.2 Å². The zero-order valence-electron chi connectivity index (χ0n) is 8.57. The van der Waals surface area contributed by atoms with Crippen LogP contribution in [0.5, 0.6) is 0 Å². The van der Waals surface area contributed by atoms with Crippen molar-refractivity contribution in [2.24, 2.45) is 0 Å². The summed E-state index contributed by atoms with van der Waals surface area (Å²) in [5.74, 6) is 0. The van der Waals surface area contributed by atoms with Crippen molar-refractivity contribution >= 4 is 6.09 Å². The Bertz CT molecular complexity index is 386. The van der Waals surface area contributed by atoms with E-state index >= 15 is 0 Å². The van der Waals surface area contributed by atoms with Crippen LogP contribution in [0.4, 0.5) is 4.79 Å². The largest absolute Gasteiger partial charge is 0.439 e. The molecule has 1 aromatic rings.